The van der Waals surface area contributed by atoms with E-state index in [1.165, 1.54) is 22.9 Å². The Hall–Kier alpha value is -2.61. The largest absolute Gasteiger partial charge is 0.497 e. The molecule has 8 heteroatoms. The molecule has 0 saturated heterocycles. The first-order valence-corrected chi connectivity index (χ1v) is 8.15. The summed E-state index contributed by atoms with van der Waals surface area (Å²) in [7, 11) is 1.61. The highest BCUT2D eigenvalue weighted by Crippen LogP contribution is 2.27. The first kappa shape index (κ1) is 16.3. The topological polar surface area (TPSA) is 86.7 Å². The lowest BCUT2D eigenvalue weighted by Gasteiger charge is -2.10. The van der Waals surface area contributed by atoms with E-state index in [-0.39, 0.29) is 16.5 Å². The Bertz CT molecular complexity index is 845. The van der Waals surface area contributed by atoms with E-state index in [1.807, 2.05) is 24.3 Å². The minimum Gasteiger partial charge on any atom is -0.497 e. The van der Waals surface area contributed by atoms with Gasteiger partial charge in [0.05, 0.1) is 29.8 Å². The Labute approximate surface area is 142 Å². The van der Waals surface area contributed by atoms with Crippen LogP contribution in [0.4, 0.5) is 5.69 Å². The van der Waals surface area contributed by atoms with Crippen molar-refractivity contribution < 1.29 is 9.66 Å². The van der Waals surface area contributed by atoms with Crippen LogP contribution in [-0.4, -0.2) is 33.4 Å². The summed E-state index contributed by atoms with van der Waals surface area (Å²) in [6, 6.07) is 10.1. The van der Waals surface area contributed by atoms with Crippen LogP contribution in [0.1, 0.15) is 5.56 Å². The number of aromatic nitrogens is 1. The summed E-state index contributed by atoms with van der Waals surface area (Å²) < 4.78 is 6.51. The molecular weight excluding hydrogens is 330 g/mol. The molecule has 3 rings (SSSR count). The maximum Gasteiger partial charge on any atom is 0.285 e. The van der Waals surface area contributed by atoms with E-state index in [4.69, 9.17) is 4.74 Å². The molecular formula is C16H15N3O4S. The van der Waals surface area contributed by atoms with Crippen molar-refractivity contribution in [3.63, 3.8) is 0 Å². The molecule has 1 unspecified atom stereocenters. The molecule has 0 bridgehead atoms. The number of hydrogen-bond donors (Lipinski definition) is 0. The second-order valence-corrected chi connectivity index (χ2v) is 6.54. The standard InChI is InChI=1S/C16H15N3O4S/c1-23-13-5-2-11(3-6-13)16-17-8-14(24-16)10-18-9-12(19(21)22)4-7-15(18)20/h2-7,9,14H,8,10H2,1H3. The number of ether oxygens (including phenoxy) is 1. The summed E-state index contributed by atoms with van der Waals surface area (Å²) in [4.78, 5) is 26.7. The van der Waals surface area contributed by atoms with Gasteiger partial charge in [0.2, 0.25) is 0 Å². The van der Waals surface area contributed by atoms with Crippen LogP contribution in [0.2, 0.25) is 0 Å². The van der Waals surface area contributed by atoms with Crippen LogP contribution >= 0.6 is 11.8 Å². The Morgan fingerprint density at radius 3 is 2.75 bits per heavy atom. The van der Waals surface area contributed by atoms with Crippen molar-refractivity contribution in [3.05, 3.63) is 68.6 Å². The average Bonchev–Trinajstić information content (AvgIpc) is 3.05. The van der Waals surface area contributed by atoms with E-state index >= 15 is 0 Å². The van der Waals surface area contributed by atoms with E-state index in [0.29, 0.717) is 13.1 Å². The highest BCUT2D eigenvalue weighted by molar-refractivity contribution is 8.15. The Kier molecular flexibility index (Phi) is 4.66. The van der Waals surface area contributed by atoms with E-state index in [9.17, 15) is 14.9 Å². The van der Waals surface area contributed by atoms with E-state index < -0.39 is 4.92 Å². The van der Waals surface area contributed by atoms with Gasteiger partial charge in [-0.3, -0.25) is 19.9 Å². The summed E-state index contributed by atoms with van der Waals surface area (Å²) in [5.74, 6) is 0.780. The Morgan fingerprint density at radius 1 is 1.33 bits per heavy atom. The first-order chi connectivity index (χ1) is 11.6. The quantitative estimate of drug-likeness (QED) is 0.613. The SMILES string of the molecule is COc1ccc(C2=NCC(Cn3cc([N+](=O)[O-])ccc3=O)S2)cc1. The van der Waals surface area contributed by atoms with Crippen molar-refractivity contribution in [1.82, 2.24) is 4.57 Å². The summed E-state index contributed by atoms with van der Waals surface area (Å²) in [6.45, 7) is 0.954. The number of thioether (sulfide) groups is 1. The molecule has 124 valence electrons. The third-order valence-corrected chi connectivity index (χ3v) is 4.85. The van der Waals surface area contributed by atoms with Gasteiger partial charge < -0.3 is 9.30 Å². The van der Waals surface area contributed by atoms with Crippen LogP contribution < -0.4 is 10.3 Å². The molecule has 1 atom stereocenters. The second-order valence-electron chi connectivity index (χ2n) is 5.25. The fourth-order valence-corrected chi connectivity index (χ4v) is 3.52. The second kappa shape index (κ2) is 6.88. The Balaban J connectivity index is 1.70. The molecule has 1 aliphatic rings. The average molecular weight is 345 g/mol. The van der Waals surface area contributed by atoms with Gasteiger partial charge in [0.1, 0.15) is 5.75 Å². The smallest absolute Gasteiger partial charge is 0.285 e. The van der Waals surface area contributed by atoms with Gasteiger partial charge in [0, 0.05) is 29.5 Å². The van der Waals surface area contributed by atoms with Gasteiger partial charge in [-0.25, -0.2) is 0 Å². The monoisotopic (exact) mass is 345 g/mol. The predicted octanol–water partition coefficient (Wildman–Crippen LogP) is 2.33. The molecule has 1 aromatic heterocycles. The summed E-state index contributed by atoms with van der Waals surface area (Å²) in [6.07, 6.45) is 1.29. The van der Waals surface area contributed by atoms with Gasteiger partial charge in [0.25, 0.3) is 11.2 Å². The maximum absolute atomic E-state index is 11.9. The van der Waals surface area contributed by atoms with Crippen LogP contribution in [0.25, 0.3) is 0 Å². The lowest BCUT2D eigenvalue weighted by Crippen LogP contribution is -2.25. The van der Waals surface area contributed by atoms with Gasteiger partial charge in [-0.2, -0.15) is 0 Å². The first-order valence-electron chi connectivity index (χ1n) is 7.27. The third-order valence-electron chi connectivity index (χ3n) is 3.63. The van der Waals surface area contributed by atoms with E-state index in [1.54, 1.807) is 18.9 Å². The number of benzene rings is 1. The lowest BCUT2D eigenvalue weighted by atomic mass is 10.2. The third kappa shape index (κ3) is 3.48. The molecule has 0 amide bonds. The number of nitro groups is 1. The molecule has 1 aliphatic heterocycles. The molecule has 7 nitrogen and oxygen atoms in total. The van der Waals surface area contributed by atoms with Crippen molar-refractivity contribution in [2.75, 3.05) is 13.7 Å². The summed E-state index contributed by atoms with van der Waals surface area (Å²) in [5, 5.41) is 11.8. The summed E-state index contributed by atoms with van der Waals surface area (Å²) in [5.41, 5.74) is 0.655. The van der Waals surface area contributed by atoms with Crippen LogP contribution in [-0.2, 0) is 6.54 Å². The van der Waals surface area contributed by atoms with Crippen LogP contribution in [0.15, 0.2) is 52.4 Å². The molecule has 1 aromatic carbocycles. The molecule has 0 spiro atoms. The van der Waals surface area contributed by atoms with E-state index in [2.05, 4.69) is 4.99 Å². The number of hydrogen-bond acceptors (Lipinski definition) is 6. The van der Waals surface area contributed by atoms with Crippen molar-refractivity contribution >= 4 is 22.5 Å². The molecule has 2 aromatic rings. The van der Waals surface area contributed by atoms with Gasteiger partial charge in [-0.05, 0) is 24.3 Å². The highest BCUT2D eigenvalue weighted by Gasteiger charge is 2.22. The minimum atomic E-state index is -0.503. The van der Waals surface area contributed by atoms with Gasteiger partial charge in [-0.15, -0.1) is 0 Å². The molecule has 0 aliphatic carbocycles. The van der Waals surface area contributed by atoms with E-state index in [0.717, 1.165) is 16.4 Å². The number of aliphatic imine (C=N–C) groups is 1. The Morgan fingerprint density at radius 2 is 2.08 bits per heavy atom. The molecule has 0 fully saturated rings. The number of methoxy groups -OCH3 is 1. The van der Waals surface area contributed by atoms with Crippen molar-refractivity contribution in [1.29, 1.82) is 0 Å². The minimum absolute atomic E-state index is 0.0711. The van der Waals surface area contributed by atoms with Gasteiger partial charge in [-0.1, -0.05) is 11.8 Å². The van der Waals surface area contributed by atoms with Crippen molar-refractivity contribution in [2.45, 2.75) is 11.8 Å². The fraction of sp³-hybridized carbons (Fsp3) is 0.250. The number of nitrogens with zero attached hydrogens (tertiary/aromatic N) is 3. The van der Waals surface area contributed by atoms with Gasteiger partial charge >= 0.3 is 0 Å². The normalized spacial score (nSPS) is 16.7. The summed E-state index contributed by atoms with van der Waals surface area (Å²) >= 11 is 1.57. The van der Waals surface area contributed by atoms with Crippen molar-refractivity contribution in [2.24, 2.45) is 4.99 Å². The van der Waals surface area contributed by atoms with Crippen LogP contribution in [0, 0.1) is 10.1 Å². The van der Waals surface area contributed by atoms with Crippen LogP contribution in [0.5, 0.6) is 5.75 Å². The maximum atomic E-state index is 11.9. The zero-order chi connectivity index (χ0) is 17.1. The molecule has 0 N–H and O–H groups in total. The lowest BCUT2D eigenvalue weighted by molar-refractivity contribution is -0.385. The van der Waals surface area contributed by atoms with Crippen molar-refractivity contribution in [3.8, 4) is 5.75 Å². The predicted molar refractivity (Wildman–Crippen MR) is 93.1 cm³/mol. The molecule has 0 saturated carbocycles. The highest BCUT2D eigenvalue weighted by atomic mass is 32.2. The molecule has 24 heavy (non-hydrogen) atoms. The zero-order valence-electron chi connectivity index (χ0n) is 12.9. The van der Waals surface area contributed by atoms with Crippen LogP contribution in [0.3, 0.4) is 0 Å². The fourth-order valence-electron chi connectivity index (χ4n) is 2.39. The zero-order valence-corrected chi connectivity index (χ0v) is 13.7. The number of pyridine rings is 1. The van der Waals surface area contributed by atoms with Gasteiger partial charge in [0.15, 0.2) is 0 Å². The molecule has 2 heterocycles. The number of rotatable bonds is 5. The molecule has 0 radical (unpaired) electrons.